The Morgan fingerprint density at radius 1 is 1.07 bits per heavy atom. The van der Waals surface area contributed by atoms with Gasteiger partial charge in [-0.25, -0.2) is 9.78 Å². The number of hydrogen-bond donors (Lipinski definition) is 2. The SMILES string of the molecule is CCCc1nc2c(C(=O)N3CCC(O)CC3)cccc2n1Cc1ccc2c(c1)COc1ccccc1C2=C(C)c1noc(=O)[nH]1. The summed E-state index contributed by atoms with van der Waals surface area (Å²) >= 11 is 0. The molecule has 3 aromatic carbocycles. The lowest BCUT2D eigenvalue weighted by Crippen LogP contribution is -2.40. The average molecular weight is 606 g/mol. The molecule has 0 aliphatic carbocycles. The van der Waals surface area contributed by atoms with Crippen molar-refractivity contribution >= 4 is 28.1 Å². The molecular formula is C35H35N5O5. The Bertz CT molecular complexity index is 1990. The predicted octanol–water partition coefficient (Wildman–Crippen LogP) is 5.18. The molecule has 7 rings (SSSR count). The molecule has 2 aliphatic rings. The summed E-state index contributed by atoms with van der Waals surface area (Å²) in [4.78, 5) is 34.9. The van der Waals surface area contributed by atoms with Crippen molar-refractivity contribution in [2.45, 2.75) is 58.8 Å². The van der Waals surface area contributed by atoms with Gasteiger partial charge in [0.15, 0.2) is 5.82 Å². The van der Waals surface area contributed by atoms with Gasteiger partial charge in [-0.1, -0.05) is 48.5 Å². The molecule has 5 aromatic rings. The summed E-state index contributed by atoms with van der Waals surface area (Å²) in [5, 5.41) is 13.9. The van der Waals surface area contributed by atoms with Gasteiger partial charge in [-0.05, 0) is 72.7 Å². The van der Waals surface area contributed by atoms with Crippen LogP contribution in [0.4, 0.5) is 0 Å². The molecule has 0 atom stereocenters. The number of benzene rings is 3. The number of hydrogen-bond acceptors (Lipinski definition) is 7. The summed E-state index contributed by atoms with van der Waals surface area (Å²) < 4.78 is 13.3. The zero-order valence-corrected chi connectivity index (χ0v) is 25.4. The molecule has 1 fully saturated rings. The van der Waals surface area contributed by atoms with Crippen LogP contribution in [-0.2, 0) is 19.6 Å². The fourth-order valence-electron chi connectivity index (χ4n) is 6.50. The van der Waals surface area contributed by atoms with Crippen molar-refractivity contribution in [3.63, 3.8) is 0 Å². The molecule has 2 aromatic heterocycles. The fourth-order valence-corrected chi connectivity index (χ4v) is 6.50. The lowest BCUT2D eigenvalue weighted by Gasteiger charge is -2.29. The molecule has 45 heavy (non-hydrogen) atoms. The Balaban J connectivity index is 1.28. The van der Waals surface area contributed by atoms with E-state index in [4.69, 9.17) is 14.2 Å². The maximum Gasteiger partial charge on any atom is 0.439 e. The number of carbonyl (C=O) groups excluding carboxylic acids is 1. The number of piperidine rings is 1. The van der Waals surface area contributed by atoms with Gasteiger partial charge >= 0.3 is 5.76 Å². The van der Waals surface area contributed by atoms with E-state index in [1.807, 2.05) is 54.3 Å². The highest BCUT2D eigenvalue weighted by Gasteiger charge is 2.26. The summed E-state index contributed by atoms with van der Waals surface area (Å²) in [6.07, 6.45) is 2.55. The number of rotatable bonds is 6. The smallest absolute Gasteiger partial charge is 0.439 e. The fraction of sp³-hybridized carbons (Fsp3) is 0.314. The predicted molar refractivity (Wildman–Crippen MR) is 170 cm³/mol. The molecular weight excluding hydrogens is 570 g/mol. The van der Waals surface area contributed by atoms with Crippen LogP contribution in [0.1, 0.15) is 77.4 Å². The summed E-state index contributed by atoms with van der Waals surface area (Å²) in [7, 11) is 0. The van der Waals surface area contributed by atoms with Crippen LogP contribution in [-0.4, -0.2) is 54.8 Å². The zero-order valence-electron chi connectivity index (χ0n) is 25.4. The number of imidazole rings is 1. The quantitative estimate of drug-likeness (QED) is 0.273. The van der Waals surface area contributed by atoms with Gasteiger partial charge in [0.2, 0.25) is 0 Å². The number of aromatic amines is 1. The maximum absolute atomic E-state index is 13.6. The molecule has 230 valence electrons. The Labute approximate surface area is 260 Å². The normalized spacial score (nSPS) is 16.2. The lowest BCUT2D eigenvalue weighted by atomic mass is 9.89. The molecule has 0 saturated carbocycles. The van der Waals surface area contributed by atoms with Crippen molar-refractivity contribution in [3.05, 3.63) is 111 Å². The first kappa shape index (κ1) is 28.8. The molecule has 0 unspecified atom stereocenters. The third kappa shape index (κ3) is 5.35. The van der Waals surface area contributed by atoms with Crippen LogP contribution in [0.5, 0.6) is 5.75 Å². The average Bonchev–Trinajstić information content (AvgIpc) is 3.59. The van der Waals surface area contributed by atoms with Gasteiger partial charge < -0.3 is 19.3 Å². The van der Waals surface area contributed by atoms with Gasteiger partial charge in [0.1, 0.15) is 23.7 Å². The lowest BCUT2D eigenvalue weighted by molar-refractivity contribution is 0.0548. The number of H-pyrrole nitrogens is 1. The van der Waals surface area contributed by atoms with Gasteiger partial charge in [-0.15, -0.1) is 0 Å². The van der Waals surface area contributed by atoms with Gasteiger partial charge in [0.05, 0.1) is 17.2 Å². The third-order valence-electron chi connectivity index (χ3n) is 8.80. The first-order valence-corrected chi connectivity index (χ1v) is 15.5. The largest absolute Gasteiger partial charge is 0.488 e. The number of nitrogens with one attached hydrogen (secondary N) is 1. The van der Waals surface area contributed by atoms with Crippen molar-refractivity contribution in [2.75, 3.05) is 13.1 Å². The standard InChI is InChI=1S/C35H35N5O5/c1-3-7-30-36-32-27(34(42)39-16-14-24(41)15-17-39)9-6-10-28(32)40(30)19-22-12-13-25-23(18-22)20-44-29-11-5-4-8-26(29)31(25)21(2)33-37-35(43)45-38-33/h4-6,8-13,18,24,41H,3,7,14-17,19-20H2,1-2H3,(H,37,38,43). The minimum absolute atomic E-state index is 0.0370. The molecule has 0 radical (unpaired) electrons. The number of likely N-dealkylation sites (tertiary alicyclic amines) is 1. The van der Waals surface area contributed by atoms with Crippen molar-refractivity contribution in [3.8, 4) is 5.75 Å². The Morgan fingerprint density at radius 3 is 2.67 bits per heavy atom. The Kier molecular flexibility index (Phi) is 7.58. The van der Waals surface area contributed by atoms with Crippen molar-refractivity contribution < 1.29 is 19.2 Å². The van der Waals surface area contributed by atoms with Crippen LogP contribution in [0.3, 0.4) is 0 Å². The van der Waals surface area contributed by atoms with E-state index in [1.165, 1.54) is 0 Å². The summed E-state index contributed by atoms with van der Waals surface area (Å²) in [6.45, 7) is 6.09. The van der Waals surface area contributed by atoms with Crippen molar-refractivity contribution in [1.29, 1.82) is 0 Å². The highest BCUT2D eigenvalue weighted by atomic mass is 16.5. The number of carbonyl (C=O) groups is 1. The molecule has 0 bridgehead atoms. The number of fused-ring (bicyclic) bond motifs is 3. The molecule has 4 heterocycles. The summed E-state index contributed by atoms with van der Waals surface area (Å²) in [6, 6.07) is 20.1. The number of aromatic nitrogens is 4. The highest BCUT2D eigenvalue weighted by molar-refractivity contribution is 6.05. The van der Waals surface area contributed by atoms with Crippen LogP contribution >= 0.6 is 0 Å². The van der Waals surface area contributed by atoms with Gasteiger partial charge in [-0.2, -0.15) is 0 Å². The minimum atomic E-state index is -0.603. The first-order chi connectivity index (χ1) is 21.9. The van der Waals surface area contributed by atoms with E-state index in [0.717, 1.165) is 63.3 Å². The van der Waals surface area contributed by atoms with E-state index in [0.29, 0.717) is 56.0 Å². The minimum Gasteiger partial charge on any atom is -0.488 e. The van der Waals surface area contributed by atoms with Gasteiger partial charge in [0.25, 0.3) is 5.91 Å². The molecule has 2 aliphatic heterocycles. The van der Waals surface area contributed by atoms with E-state index < -0.39 is 5.76 Å². The number of amides is 1. The number of para-hydroxylation sites is 2. The number of aryl methyl sites for hydroxylation is 1. The number of allylic oxidation sites excluding steroid dienone is 1. The Hall–Kier alpha value is -4.96. The number of aliphatic hydroxyl groups excluding tert-OH is 1. The second kappa shape index (κ2) is 11.9. The zero-order chi connectivity index (χ0) is 31.1. The maximum atomic E-state index is 13.6. The van der Waals surface area contributed by atoms with Gasteiger partial charge in [0, 0.05) is 37.2 Å². The Morgan fingerprint density at radius 2 is 1.89 bits per heavy atom. The number of nitrogens with zero attached hydrogens (tertiary/aromatic N) is 4. The molecule has 1 amide bonds. The number of aliphatic hydroxyl groups is 1. The van der Waals surface area contributed by atoms with Crippen molar-refractivity contribution in [2.24, 2.45) is 0 Å². The highest BCUT2D eigenvalue weighted by Crippen LogP contribution is 2.40. The van der Waals surface area contributed by atoms with E-state index >= 15 is 0 Å². The van der Waals surface area contributed by atoms with Crippen LogP contribution in [0, 0.1) is 0 Å². The summed E-state index contributed by atoms with van der Waals surface area (Å²) in [5.74, 6) is 1.43. The first-order valence-electron chi connectivity index (χ1n) is 15.5. The molecule has 1 saturated heterocycles. The second-order valence-electron chi connectivity index (χ2n) is 11.8. The second-order valence-corrected chi connectivity index (χ2v) is 11.8. The van der Waals surface area contributed by atoms with Crippen LogP contribution < -0.4 is 10.5 Å². The van der Waals surface area contributed by atoms with E-state index in [2.05, 4.69) is 39.8 Å². The summed E-state index contributed by atoms with van der Waals surface area (Å²) in [5.41, 5.74) is 7.93. The van der Waals surface area contributed by atoms with Crippen LogP contribution in [0.25, 0.3) is 22.2 Å². The van der Waals surface area contributed by atoms with Gasteiger partial charge in [-0.3, -0.25) is 14.3 Å². The van der Waals surface area contributed by atoms with Crippen LogP contribution in [0.2, 0.25) is 0 Å². The van der Waals surface area contributed by atoms with Crippen molar-refractivity contribution in [1.82, 2.24) is 24.6 Å². The molecule has 0 spiro atoms. The monoisotopic (exact) mass is 605 g/mol. The van der Waals surface area contributed by atoms with E-state index in [1.54, 1.807) is 0 Å². The molecule has 2 N–H and O–H groups in total. The van der Waals surface area contributed by atoms with Crippen LogP contribution in [0.15, 0.2) is 70.0 Å². The molecule has 10 nitrogen and oxygen atoms in total. The van der Waals surface area contributed by atoms with E-state index in [9.17, 15) is 14.7 Å². The number of ether oxygens (including phenoxy) is 1. The molecule has 10 heteroatoms. The third-order valence-corrected chi connectivity index (χ3v) is 8.80. The van der Waals surface area contributed by atoms with E-state index in [-0.39, 0.29) is 12.0 Å². The topological polar surface area (TPSA) is 126 Å².